The maximum atomic E-state index is 12.1. The Hall–Kier alpha value is -3.48. The number of anilines is 1. The highest BCUT2D eigenvalue weighted by Gasteiger charge is 2.12. The zero-order valence-corrected chi connectivity index (χ0v) is 13.0. The normalized spacial score (nSPS) is 11.3. The second-order valence-corrected chi connectivity index (χ2v) is 4.81. The number of fused-ring (bicyclic) bond motifs is 1. The summed E-state index contributed by atoms with van der Waals surface area (Å²) in [6, 6.07) is 7.44. The summed E-state index contributed by atoms with van der Waals surface area (Å²) in [5, 5.41) is 7.14. The molecule has 0 saturated carbocycles. The third-order valence-corrected chi connectivity index (χ3v) is 3.23. The van der Waals surface area contributed by atoms with Crippen LogP contribution in [-0.2, 0) is 9.53 Å². The molecule has 0 atom stereocenters. The molecule has 7 heteroatoms. The Morgan fingerprint density at radius 1 is 1.38 bits per heavy atom. The van der Waals surface area contributed by atoms with E-state index >= 15 is 0 Å². The third kappa shape index (κ3) is 3.14. The van der Waals surface area contributed by atoms with Crippen molar-refractivity contribution in [2.75, 3.05) is 12.4 Å². The number of hydrogen-bond donors (Lipinski definition) is 1. The van der Waals surface area contributed by atoms with Crippen molar-refractivity contribution in [1.29, 1.82) is 0 Å². The van der Waals surface area contributed by atoms with Gasteiger partial charge in [-0.05, 0) is 30.3 Å². The molecule has 3 rings (SSSR count). The highest BCUT2D eigenvalue weighted by atomic mass is 16.5. The number of amides is 1. The van der Waals surface area contributed by atoms with Crippen molar-refractivity contribution in [3.05, 3.63) is 67.3 Å². The Morgan fingerprint density at radius 3 is 2.96 bits per heavy atom. The average Bonchev–Trinajstić information content (AvgIpc) is 3.01. The summed E-state index contributed by atoms with van der Waals surface area (Å²) in [5.74, 6) is 0.113. The molecule has 3 heterocycles. The summed E-state index contributed by atoms with van der Waals surface area (Å²) in [5.41, 5.74) is 2.27. The number of carbonyl (C=O) groups excluding carboxylic acids is 1. The quantitative estimate of drug-likeness (QED) is 0.443. The van der Waals surface area contributed by atoms with Gasteiger partial charge < -0.3 is 10.1 Å². The van der Waals surface area contributed by atoms with Crippen molar-refractivity contribution in [3.8, 4) is 11.3 Å². The van der Waals surface area contributed by atoms with E-state index in [0.29, 0.717) is 11.5 Å². The van der Waals surface area contributed by atoms with E-state index in [9.17, 15) is 4.79 Å². The molecule has 0 spiro atoms. The van der Waals surface area contributed by atoms with E-state index in [0.717, 1.165) is 11.3 Å². The molecule has 0 aliphatic heterocycles. The van der Waals surface area contributed by atoms with Gasteiger partial charge in [0.15, 0.2) is 17.2 Å². The van der Waals surface area contributed by atoms with E-state index < -0.39 is 5.91 Å². The van der Waals surface area contributed by atoms with Crippen LogP contribution >= 0.6 is 0 Å². The fourth-order valence-electron chi connectivity index (χ4n) is 2.13. The standard InChI is InChI=1S/C17H15N5O2/c1-3-5-14(24-2)17(23)20-15-11-22-16(19-15)8-7-13(21-22)12-6-4-9-18-10-12/h3-11H,1H2,2H3,(H,20,23)/b14-5-. The van der Waals surface area contributed by atoms with Crippen molar-refractivity contribution < 1.29 is 9.53 Å². The highest BCUT2D eigenvalue weighted by Crippen LogP contribution is 2.17. The fraction of sp³-hybridized carbons (Fsp3) is 0.0588. The van der Waals surface area contributed by atoms with Crippen molar-refractivity contribution in [2.24, 2.45) is 0 Å². The topological polar surface area (TPSA) is 81.4 Å². The largest absolute Gasteiger partial charge is 0.491 e. The Kier molecular flexibility index (Phi) is 4.33. The summed E-state index contributed by atoms with van der Waals surface area (Å²) in [7, 11) is 1.42. The van der Waals surface area contributed by atoms with Crippen LogP contribution in [0.15, 0.2) is 67.3 Å². The minimum Gasteiger partial charge on any atom is -0.491 e. The highest BCUT2D eigenvalue weighted by molar-refractivity contribution is 6.02. The predicted molar refractivity (Wildman–Crippen MR) is 90.1 cm³/mol. The van der Waals surface area contributed by atoms with Crippen LogP contribution in [0.1, 0.15) is 0 Å². The molecular formula is C17H15N5O2. The lowest BCUT2D eigenvalue weighted by atomic mass is 10.2. The molecule has 0 aliphatic carbocycles. The van der Waals surface area contributed by atoms with E-state index in [-0.39, 0.29) is 5.76 Å². The monoisotopic (exact) mass is 321 g/mol. The van der Waals surface area contributed by atoms with Crippen LogP contribution in [-0.4, -0.2) is 32.6 Å². The van der Waals surface area contributed by atoms with Gasteiger partial charge in [-0.25, -0.2) is 9.50 Å². The van der Waals surface area contributed by atoms with Gasteiger partial charge in [-0.1, -0.05) is 12.7 Å². The number of pyridine rings is 1. The molecule has 7 nitrogen and oxygen atoms in total. The molecule has 3 aromatic rings. The molecule has 0 aromatic carbocycles. The van der Waals surface area contributed by atoms with Crippen LogP contribution in [0.4, 0.5) is 5.82 Å². The maximum absolute atomic E-state index is 12.1. The SMILES string of the molecule is C=C/C=C(\OC)C(=O)Nc1cn2nc(-c3cccnc3)ccc2n1. The Bertz CT molecular complexity index is 915. The molecule has 120 valence electrons. The number of imidazole rings is 1. The van der Waals surface area contributed by atoms with Crippen LogP contribution in [0.2, 0.25) is 0 Å². The summed E-state index contributed by atoms with van der Waals surface area (Å²) in [6.45, 7) is 3.54. The van der Waals surface area contributed by atoms with Crippen LogP contribution < -0.4 is 5.32 Å². The predicted octanol–water partition coefficient (Wildman–Crippen LogP) is 2.45. The zero-order valence-electron chi connectivity index (χ0n) is 13.0. The van der Waals surface area contributed by atoms with E-state index in [1.807, 2.05) is 24.3 Å². The minimum absolute atomic E-state index is 0.145. The lowest BCUT2D eigenvalue weighted by Gasteiger charge is -2.04. The lowest BCUT2D eigenvalue weighted by Crippen LogP contribution is -2.15. The second-order valence-electron chi connectivity index (χ2n) is 4.81. The number of rotatable bonds is 5. The maximum Gasteiger partial charge on any atom is 0.291 e. The summed E-state index contributed by atoms with van der Waals surface area (Å²) in [6.07, 6.45) is 8.03. The number of hydrogen-bond acceptors (Lipinski definition) is 5. The molecule has 0 radical (unpaired) electrons. The molecule has 0 unspecified atom stereocenters. The van der Waals surface area contributed by atoms with E-state index in [1.165, 1.54) is 19.3 Å². The molecule has 1 amide bonds. The van der Waals surface area contributed by atoms with E-state index in [1.54, 1.807) is 23.1 Å². The molecular weight excluding hydrogens is 306 g/mol. The van der Waals surface area contributed by atoms with Crippen molar-refractivity contribution in [1.82, 2.24) is 19.6 Å². The van der Waals surface area contributed by atoms with Gasteiger partial charge in [-0.15, -0.1) is 0 Å². The molecule has 0 bridgehead atoms. The number of nitrogens with one attached hydrogen (secondary N) is 1. The molecule has 0 fully saturated rings. The van der Waals surface area contributed by atoms with E-state index in [4.69, 9.17) is 4.74 Å². The van der Waals surface area contributed by atoms with Crippen LogP contribution in [0.3, 0.4) is 0 Å². The average molecular weight is 321 g/mol. The lowest BCUT2D eigenvalue weighted by molar-refractivity contribution is -0.115. The zero-order chi connectivity index (χ0) is 16.9. The first kappa shape index (κ1) is 15.4. The number of ether oxygens (including phenoxy) is 1. The summed E-state index contributed by atoms with van der Waals surface area (Å²) in [4.78, 5) is 20.5. The number of nitrogens with zero attached hydrogens (tertiary/aromatic N) is 4. The van der Waals surface area contributed by atoms with Gasteiger partial charge >= 0.3 is 0 Å². The third-order valence-electron chi connectivity index (χ3n) is 3.23. The summed E-state index contributed by atoms with van der Waals surface area (Å²) < 4.78 is 6.60. The summed E-state index contributed by atoms with van der Waals surface area (Å²) >= 11 is 0. The van der Waals surface area contributed by atoms with Gasteiger partial charge in [0.05, 0.1) is 19.0 Å². The van der Waals surface area contributed by atoms with Crippen LogP contribution in [0.25, 0.3) is 16.9 Å². The Morgan fingerprint density at radius 2 is 2.25 bits per heavy atom. The van der Waals surface area contributed by atoms with Gasteiger partial charge in [0.2, 0.25) is 0 Å². The van der Waals surface area contributed by atoms with Crippen molar-refractivity contribution in [3.63, 3.8) is 0 Å². The smallest absolute Gasteiger partial charge is 0.291 e. The molecule has 3 aromatic heterocycles. The first-order valence-electron chi connectivity index (χ1n) is 7.16. The molecule has 0 saturated heterocycles. The second kappa shape index (κ2) is 6.74. The Balaban J connectivity index is 1.88. The van der Waals surface area contributed by atoms with Crippen LogP contribution in [0.5, 0.6) is 0 Å². The number of allylic oxidation sites excluding steroid dienone is 2. The number of carbonyl (C=O) groups is 1. The van der Waals surface area contributed by atoms with Gasteiger partial charge in [0.1, 0.15) is 0 Å². The van der Waals surface area contributed by atoms with Gasteiger partial charge in [0, 0.05) is 18.0 Å². The molecule has 24 heavy (non-hydrogen) atoms. The first-order chi connectivity index (χ1) is 11.7. The minimum atomic E-state index is -0.409. The fourth-order valence-corrected chi connectivity index (χ4v) is 2.13. The molecule has 0 aliphatic rings. The van der Waals surface area contributed by atoms with Gasteiger partial charge in [-0.3, -0.25) is 9.78 Å². The molecule has 1 N–H and O–H groups in total. The van der Waals surface area contributed by atoms with Gasteiger partial charge in [0.25, 0.3) is 5.91 Å². The Labute approximate surface area is 138 Å². The van der Waals surface area contributed by atoms with Crippen molar-refractivity contribution >= 4 is 17.4 Å². The van der Waals surface area contributed by atoms with E-state index in [2.05, 4.69) is 27.0 Å². The van der Waals surface area contributed by atoms with Gasteiger partial charge in [-0.2, -0.15) is 5.10 Å². The van der Waals surface area contributed by atoms with Crippen LogP contribution in [0, 0.1) is 0 Å². The number of methoxy groups -OCH3 is 1. The number of aromatic nitrogens is 4. The first-order valence-corrected chi connectivity index (χ1v) is 7.16. The van der Waals surface area contributed by atoms with Crippen molar-refractivity contribution in [2.45, 2.75) is 0 Å².